The Morgan fingerprint density at radius 3 is 0.774 bits per heavy atom. The van der Waals surface area contributed by atoms with Gasteiger partial charge in [0.05, 0.1) is 24.7 Å². The van der Waals surface area contributed by atoms with Crippen LogP contribution in [0.3, 0.4) is 0 Å². The summed E-state index contributed by atoms with van der Waals surface area (Å²) in [5.74, 6) is -6.27. The number of piperidine rings is 4. The van der Waals surface area contributed by atoms with E-state index < -0.39 is 117 Å². The van der Waals surface area contributed by atoms with E-state index in [1.807, 2.05) is 133 Å². The Morgan fingerprint density at radius 1 is 0.357 bits per heavy atom. The summed E-state index contributed by atoms with van der Waals surface area (Å²) in [6, 6.07) is 39.5. The van der Waals surface area contributed by atoms with E-state index in [4.69, 9.17) is 18.9 Å². The lowest BCUT2D eigenvalue weighted by atomic mass is 9.75. The molecule has 4 aromatic carbocycles. The van der Waals surface area contributed by atoms with Crippen LogP contribution in [0.2, 0.25) is 0 Å². The predicted octanol–water partition coefficient (Wildman–Crippen LogP) is 13.2. The molecule has 4 aliphatic rings. The van der Waals surface area contributed by atoms with Gasteiger partial charge in [-0.2, -0.15) is 0 Å². The van der Waals surface area contributed by atoms with Crippen molar-refractivity contribution in [1.29, 1.82) is 0 Å². The zero-order valence-electron chi connectivity index (χ0n) is 52.8. The Bertz CT molecular complexity index is 2920. The molecule has 6 atom stereocenters. The molecule has 8 rings (SSSR count). The lowest BCUT2D eigenvalue weighted by Gasteiger charge is -2.49. The van der Waals surface area contributed by atoms with Gasteiger partial charge in [0.15, 0.2) is 0 Å². The third-order valence-corrected chi connectivity index (χ3v) is 17.1. The van der Waals surface area contributed by atoms with E-state index in [1.54, 1.807) is 0 Å². The summed E-state index contributed by atoms with van der Waals surface area (Å²) in [5, 5.41) is 15.0. The van der Waals surface area contributed by atoms with Crippen LogP contribution in [0, 0.1) is 11.8 Å². The lowest BCUT2D eigenvalue weighted by Crippen LogP contribution is -2.62. The van der Waals surface area contributed by atoms with Crippen molar-refractivity contribution in [2.24, 2.45) is 11.8 Å². The van der Waals surface area contributed by atoms with Crippen LogP contribution in [0.5, 0.6) is 0 Å². The van der Waals surface area contributed by atoms with Gasteiger partial charge in [0.1, 0.15) is 24.4 Å². The molecule has 450 valence electrons. The highest BCUT2D eigenvalue weighted by Crippen LogP contribution is 2.43. The summed E-state index contributed by atoms with van der Waals surface area (Å²) < 4.78 is 27.0. The molecule has 4 aromatic rings. The molecule has 0 aromatic heterocycles. The van der Waals surface area contributed by atoms with E-state index in [-0.39, 0.29) is 0 Å². The van der Waals surface area contributed by atoms with Crippen molar-refractivity contribution in [2.45, 2.75) is 218 Å². The molecule has 4 saturated heterocycles. The van der Waals surface area contributed by atoms with Crippen LogP contribution in [0.4, 0.5) is 0 Å². The molecule has 4 N–H and O–H groups in total. The molecular formula is C72H94N4O8. The van der Waals surface area contributed by atoms with Gasteiger partial charge in [-0.1, -0.05) is 146 Å². The van der Waals surface area contributed by atoms with Crippen LogP contribution in [0.25, 0.3) is 24.3 Å². The monoisotopic (exact) mass is 1140 g/mol. The third-order valence-electron chi connectivity index (χ3n) is 17.1. The number of benzene rings is 4. The number of rotatable bonds is 15. The van der Waals surface area contributed by atoms with Crippen LogP contribution >= 0.6 is 0 Å². The quantitative estimate of drug-likeness (QED) is 0.0662. The van der Waals surface area contributed by atoms with E-state index in [2.05, 4.69) is 144 Å². The smallest absolute Gasteiger partial charge is 0.311 e. The van der Waals surface area contributed by atoms with Gasteiger partial charge in [0, 0.05) is 70.0 Å². The van der Waals surface area contributed by atoms with Gasteiger partial charge in [0.2, 0.25) is 0 Å². The van der Waals surface area contributed by atoms with Gasteiger partial charge in [-0.05, 0) is 155 Å². The molecule has 0 aliphatic carbocycles. The fraction of sp³-hybridized carbons (Fsp3) is 0.500. The van der Waals surface area contributed by atoms with Crippen molar-refractivity contribution in [3.8, 4) is 0 Å². The molecule has 0 saturated carbocycles. The van der Waals surface area contributed by atoms with Crippen molar-refractivity contribution in [3.05, 3.63) is 166 Å². The number of ether oxygens (including phenoxy) is 4. The van der Waals surface area contributed by atoms with Gasteiger partial charge in [-0.15, -0.1) is 0 Å². The Labute approximate surface area is 501 Å². The van der Waals surface area contributed by atoms with Gasteiger partial charge >= 0.3 is 23.9 Å². The summed E-state index contributed by atoms with van der Waals surface area (Å²) in [4.78, 5) is 62.8. The minimum Gasteiger partial charge on any atom is -0.458 e. The molecule has 4 fully saturated rings. The number of hydrogen-bond donors (Lipinski definition) is 4. The first kappa shape index (κ1) is 63.6. The topological polar surface area (TPSA) is 153 Å². The molecular weight excluding hydrogens is 1050 g/mol. The number of carbonyl (C=O) groups is 4. The number of esters is 4. The summed E-state index contributed by atoms with van der Waals surface area (Å²) in [5.41, 5.74) is 2.41. The molecule has 6 unspecified atom stereocenters. The van der Waals surface area contributed by atoms with Gasteiger partial charge < -0.3 is 40.2 Å². The highest BCUT2D eigenvalue weighted by Gasteiger charge is 2.51. The van der Waals surface area contributed by atoms with Gasteiger partial charge in [0.25, 0.3) is 0 Å². The Balaban J connectivity index is 1.26. The van der Waals surface area contributed by atoms with Crippen molar-refractivity contribution < 1.29 is 38.1 Å². The maximum atomic E-state index is 16.0. The molecule has 4 heterocycles. The normalized spacial score (nSPS) is 27.0. The first-order valence-electron chi connectivity index (χ1n) is 30.2. The highest BCUT2D eigenvalue weighted by atomic mass is 16.6. The minimum absolute atomic E-state index is 0.368. The van der Waals surface area contributed by atoms with Crippen molar-refractivity contribution in [3.63, 3.8) is 0 Å². The maximum Gasteiger partial charge on any atom is 0.311 e. The second-order valence-electron chi connectivity index (χ2n) is 28.8. The summed E-state index contributed by atoms with van der Waals surface area (Å²) in [6.07, 6.45) is 5.46. The van der Waals surface area contributed by atoms with Crippen molar-refractivity contribution in [1.82, 2.24) is 21.3 Å². The largest absolute Gasteiger partial charge is 0.458 e. The Kier molecular flexibility index (Phi) is 18.5. The van der Waals surface area contributed by atoms with Crippen molar-refractivity contribution >= 4 is 48.2 Å². The summed E-state index contributed by atoms with van der Waals surface area (Å²) >= 11 is 0. The summed E-state index contributed by atoms with van der Waals surface area (Å²) in [6.45, 7) is 33.1. The molecule has 12 heteroatoms. The Morgan fingerprint density at radius 2 is 0.560 bits per heavy atom. The zero-order valence-corrected chi connectivity index (χ0v) is 52.8. The van der Waals surface area contributed by atoms with E-state index in [0.717, 1.165) is 44.5 Å². The van der Waals surface area contributed by atoms with E-state index >= 15 is 19.2 Å². The zero-order chi connectivity index (χ0) is 61.3. The lowest BCUT2D eigenvalue weighted by molar-refractivity contribution is -0.174. The van der Waals surface area contributed by atoms with Crippen LogP contribution in [0.15, 0.2) is 144 Å². The van der Waals surface area contributed by atoms with Crippen LogP contribution in [-0.2, 0) is 38.1 Å². The molecule has 0 radical (unpaired) electrons. The minimum atomic E-state index is -1.58. The number of carbonyl (C=O) groups excluding carboxylic acids is 4. The maximum absolute atomic E-state index is 16.0. The van der Waals surface area contributed by atoms with Crippen LogP contribution in [-0.4, -0.2) is 92.6 Å². The average molecular weight is 1140 g/mol. The average Bonchev–Trinajstić information content (AvgIpc) is 3.32. The highest BCUT2D eigenvalue weighted by molar-refractivity contribution is 5.89. The van der Waals surface area contributed by atoms with Crippen LogP contribution in [0.1, 0.15) is 172 Å². The molecule has 84 heavy (non-hydrogen) atoms. The SMILES string of the molecule is CC1(C)CC(OC(=O)CC(C(=O)OC2CC(C)(C)NC(C)(C)C2=Cc2ccccc2)C(CC(=O)OC2CC(C)(C)NC(C)(C)C2=Cc2ccccc2)C(=O)OC2CC(C)(C)NC(C)(C)C2=Cc2ccccc2)C(=Cc2ccccc2)C(C)(C)N1. The molecule has 0 bridgehead atoms. The second kappa shape index (κ2) is 24.5. The Hall–Kier alpha value is -6.44. The van der Waals surface area contributed by atoms with Crippen molar-refractivity contribution in [2.75, 3.05) is 0 Å². The summed E-state index contributed by atoms with van der Waals surface area (Å²) in [7, 11) is 0. The first-order chi connectivity index (χ1) is 39.1. The standard InChI is InChI=1S/C72H94N4O8/c1-65(2)43-57(53(69(9,10)73-65)37-47-29-21-17-22-30-47)81-61(77)41-51(63(79)83-59-45-67(5,6)75-71(13,14)55(59)39-49-33-25-19-26-34-49)52(64(80)84-60-46-68(7,8)76-72(15,16)56(60)40-50-35-27-20-28-36-50)42-62(78)82-58-44-66(3,4)74-70(11,12)54(58)38-48-31-23-18-24-32-48/h17-40,51-52,57-60,73-76H,41-46H2,1-16H3. The fourth-order valence-corrected chi connectivity index (χ4v) is 14.2. The number of nitrogens with one attached hydrogen (secondary N) is 4. The van der Waals surface area contributed by atoms with E-state index in [1.165, 1.54) is 0 Å². The molecule has 4 aliphatic heterocycles. The first-order valence-corrected chi connectivity index (χ1v) is 30.2. The number of hydrogen-bond acceptors (Lipinski definition) is 12. The molecule has 0 spiro atoms. The fourth-order valence-electron chi connectivity index (χ4n) is 14.2. The third kappa shape index (κ3) is 16.1. The van der Waals surface area contributed by atoms with Gasteiger partial charge in [-0.25, -0.2) is 0 Å². The molecule has 12 nitrogen and oxygen atoms in total. The van der Waals surface area contributed by atoms with E-state index in [9.17, 15) is 0 Å². The predicted molar refractivity (Wildman–Crippen MR) is 337 cm³/mol. The van der Waals surface area contributed by atoms with E-state index in [0.29, 0.717) is 25.7 Å². The second-order valence-corrected chi connectivity index (χ2v) is 28.8. The van der Waals surface area contributed by atoms with Gasteiger partial charge in [-0.3, -0.25) is 19.2 Å². The van der Waals surface area contributed by atoms with Crippen LogP contribution < -0.4 is 21.3 Å². The molecule has 0 amide bonds.